The minimum atomic E-state index is -0.116. The van der Waals surface area contributed by atoms with Crippen LogP contribution in [0.3, 0.4) is 0 Å². The van der Waals surface area contributed by atoms with E-state index in [1.54, 1.807) is 25.4 Å². The molecule has 1 amide bonds. The van der Waals surface area contributed by atoms with Crippen LogP contribution in [0.1, 0.15) is 27.0 Å². The highest BCUT2D eigenvalue weighted by molar-refractivity contribution is 5.95. The molecule has 0 aliphatic heterocycles. The number of nitrogens with one attached hydrogen (secondary N) is 2. The van der Waals surface area contributed by atoms with Gasteiger partial charge in [0.2, 0.25) is 0 Å². The molecule has 0 radical (unpaired) electrons. The van der Waals surface area contributed by atoms with Gasteiger partial charge >= 0.3 is 0 Å². The summed E-state index contributed by atoms with van der Waals surface area (Å²) in [7, 11) is 1.65. The van der Waals surface area contributed by atoms with Crippen molar-refractivity contribution in [3.63, 3.8) is 0 Å². The number of rotatable bonds is 7. The molecule has 3 aromatic rings. The highest BCUT2D eigenvalue weighted by Crippen LogP contribution is 2.23. The Morgan fingerprint density at radius 1 is 1.04 bits per heavy atom. The van der Waals surface area contributed by atoms with Gasteiger partial charge in [-0.25, -0.2) is 4.98 Å². The Morgan fingerprint density at radius 2 is 1.79 bits per heavy atom. The van der Waals surface area contributed by atoms with Crippen molar-refractivity contribution < 1.29 is 9.53 Å². The zero-order chi connectivity index (χ0) is 19.9. The van der Waals surface area contributed by atoms with Crippen LogP contribution in [0.4, 0.5) is 11.5 Å². The van der Waals surface area contributed by atoms with E-state index in [-0.39, 0.29) is 5.91 Å². The van der Waals surface area contributed by atoms with Crippen LogP contribution in [0, 0.1) is 13.8 Å². The van der Waals surface area contributed by atoms with Crippen molar-refractivity contribution in [1.82, 2.24) is 10.3 Å². The van der Waals surface area contributed by atoms with Gasteiger partial charge in [0.25, 0.3) is 5.91 Å². The number of carbonyl (C=O) groups is 1. The van der Waals surface area contributed by atoms with E-state index < -0.39 is 0 Å². The van der Waals surface area contributed by atoms with Gasteiger partial charge in [-0.2, -0.15) is 0 Å². The van der Waals surface area contributed by atoms with Crippen LogP contribution < -0.4 is 15.4 Å². The summed E-state index contributed by atoms with van der Waals surface area (Å²) in [5.74, 6) is 1.35. The number of aromatic nitrogens is 1. The van der Waals surface area contributed by atoms with E-state index in [0.29, 0.717) is 17.9 Å². The smallest absolute Gasteiger partial charge is 0.251 e. The topological polar surface area (TPSA) is 63.2 Å². The molecule has 1 aromatic heterocycles. The Morgan fingerprint density at radius 3 is 2.54 bits per heavy atom. The Bertz CT molecular complexity index is 949. The predicted molar refractivity (Wildman–Crippen MR) is 112 cm³/mol. The van der Waals surface area contributed by atoms with Crippen LogP contribution in [0.25, 0.3) is 0 Å². The maximum Gasteiger partial charge on any atom is 0.251 e. The second kappa shape index (κ2) is 9.04. The number of hydrogen-bond donors (Lipinski definition) is 2. The zero-order valence-corrected chi connectivity index (χ0v) is 16.5. The Hall–Kier alpha value is -3.34. The summed E-state index contributed by atoms with van der Waals surface area (Å²) >= 11 is 0. The zero-order valence-electron chi connectivity index (χ0n) is 16.5. The molecule has 5 heteroatoms. The van der Waals surface area contributed by atoms with Gasteiger partial charge in [-0.3, -0.25) is 4.79 Å². The second-order valence-corrected chi connectivity index (χ2v) is 6.68. The van der Waals surface area contributed by atoms with Crippen LogP contribution in [0.2, 0.25) is 0 Å². The minimum absolute atomic E-state index is 0.116. The summed E-state index contributed by atoms with van der Waals surface area (Å²) in [5, 5.41) is 6.29. The fraction of sp³-hybridized carbons (Fsp3) is 0.217. The van der Waals surface area contributed by atoms with E-state index in [1.165, 1.54) is 0 Å². The van der Waals surface area contributed by atoms with Gasteiger partial charge in [-0.05, 0) is 61.2 Å². The molecule has 0 spiro atoms. The first kappa shape index (κ1) is 19.4. The monoisotopic (exact) mass is 375 g/mol. The average Bonchev–Trinajstić information content (AvgIpc) is 2.71. The van der Waals surface area contributed by atoms with Crippen molar-refractivity contribution in [1.29, 1.82) is 0 Å². The van der Waals surface area contributed by atoms with Crippen molar-refractivity contribution >= 4 is 17.4 Å². The lowest BCUT2D eigenvalue weighted by Gasteiger charge is -2.13. The van der Waals surface area contributed by atoms with Crippen molar-refractivity contribution in [2.24, 2.45) is 0 Å². The molecule has 3 rings (SSSR count). The molecule has 0 saturated carbocycles. The van der Waals surface area contributed by atoms with Crippen molar-refractivity contribution in [3.8, 4) is 5.75 Å². The van der Waals surface area contributed by atoms with Crippen LogP contribution in [0.15, 0.2) is 60.8 Å². The summed E-state index contributed by atoms with van der Waals surface area (Å²) in [5.41, 5.74) is 4.98. The standard InChI is InChI=1S/C23H25N3O2/c1-16-6-4-7-17(2)22(16)26-21-15-19(11-13-24-21)23(27)25-12-10-18-8-5-9-20(14-18)28-3/h4-9,11,13-15H,10,12H2,1-3H3,(H,24,26)(H,25,27). The normalized spacial score (nSPS) is 10.4. The van der Waals surface area contributed by atoms with E-state index in [4.69, 9.17) is 4.74 Å². The number of methoxy groups -OCH3 is 1. The molecular weight excluding hydrogens is 350 g/mol. The quantitative estimate of drug-likeness (QED) is 0.641. The maximum atomic E-state index is 12.5. The number of amides is 1. The molecule has 144 valence electrons. The summed E-state index contributed by atoms with van der Waals surface area (Å²) in [6.07, 6.45) is 2.38. The predicted octanol–water partition coefficient (Wildman–Crippen LogP) is 4.42. The second-order valence-electron chi connectivity index (χ2n) is 6.68. The van der Waals surface area contributed by atoms with E-state index >= 15 is 0 Å². The van der Waals surface area contributed by atoms with Gasteiger partial charge in [0.05, 0.1) is 7.11 Å². The third-order valence-electron chi connectivity index (χ3n) is 4.59. The molecule has 28 heavy (non-hydrogen) atoms. The summed E-state index contributed by atoms with van der Waals surface area (Å²) in [6.45, 7) is 4.64. The van der Waals surface area contributed by atoms with Crippen LogP contribution in [-0.2, 0) is 6.42 Å². The third kappa shape index (κ3) is 4.88. The van der Waals surface area contributed by atoms with E-state index in [1.807, 2.05) is 56.3 Å². The van der Waals surface area contributed by atoms with Gasteiger partial charge in [-0.1, -0.05) is 30.3 Å². The van der Waals surface area contributed by atoms with Crippen LogP contribution >= 0.6 is 0 Å². The van der Waals surface area contributed by atoms with Gasteiger partial charge in [-0.15, -0.1) is 0 Å². The highest BCUT2D eigenvalue weighted by Gasteiger charge is 2.09. The molecule has 5 nitrogen and oxygen atoms in total. The summed E-state index contributed by atoms with van der Waals surface area (Å²) in [4.78, 5) is 16.8. The van der Waals surface area contributed by atoms with Gasteiger partial charge in [0.1, 0.15) is 11.6 Å². The maximum absolute atomic E-state index is 12.5. The Balaban J connectivity index is 1.62. The first-order valence-electron chi connectivity index (χ1n) is 9.27. The molecule has 2 aromatic carbocycles. The van der Waals surface area contributed by atoms with Crippen molar-refractivity contribution in [2.75, 3.05) is 19.0 Å². The molecule has 0 aliphatic carbocycles. The van der Waals surface area contributed by atoms with Crippen LogP contribution in [-0.4, -0.2) is 24.5 Å². The third-order valence-corrected chi connectivity index (χ3v) is 4.59. The lowest BCUT2D eigenvalue weighted by atomic mass is 10.1. The average molecular weight is 375 g/mol. The van der Waals surface area contributed by atoms with Crippen molar-refractivity contribution in [3.05, 3.63) is 83.0 Å². The highest BCUT2D eigenvalue weighted by atomic mass is 16.5. The van der Waals surface area contributed by atoms with Gasteiger partial charge in [0.15, 0.2) is 0 Å². The molecular formula is C23H25N3O2. The SMILES string of the molecule is COc1cccc(CCNC(=O)c2ccnc(Nc3c(C)cccc3C)c2)c1. The Kier molecular flexibility index (Phi) is 6.27. The number of aryl methyl sites for hydroxylation is 2. The number of pyridine rings is 1. The molecule has 0 aliphatic rings. The van der Waals surface area contributed by atoms with Gasteiger partial charge < -0.3 is 15.4 Å². The number of carbonyl (C=O) groups excluding carboxylic acids is 1. The number of ether oxygens (including phenoxy) is 1. The van der Waals surface area contributed by atoms with E-state index in [0.717, 1.165) is 34.5 Å². The van der Waals surface area contributed by atoms with Gasteiger partial charge in [0, 0.05) is 24.0 Å². The number of anilines is 2. The number of nitrogens with zero attached hydrogens (tertiary/aromatic N) is 1. The molecule has 0 atom stereocenters. The summed E-state index contributed by atoms with van der Waals surface area (Å²) < 4.78 is 5.23. The fourth-order valence-electron chi connectivity index (χ4n) is 3.03. The van der Waals surface area contributed by atoms with E-state index in [9.17, 15) is 4.79 Å². The largest absolute Gasteiger partial charge is 0.497 e. The minimum Gasteiger partial charge on any atom is -0.497 e. The van der Waals surface area contributed by atoms with Crippen LogP contribution in [0.5, 0.6) is 5.75 Å². The molecule has 1 heterocycles. The molecule has 0 bridgehead atoms. The lowest BCUT2D eigenvalue weighted by molar-refractivity contribution is 0.0954. The fourth-order valence-corrected chi connectivity index (χ4v) is 3.03. The Labute approximate surface area is 165 Å². The first-order chi connectivity index (χ1) is 13.6. The first-order valence-corrected chi connectivity index (χ1v) is 9.27. The summed E-state index contributed by atoms with van der Waals surface area (Å²) in [6, 6.07) is 17.5. The number of hydrogen-bond acceptors (Lipinski definition) is 4. The molecule has 0 fully saturated rings. The van der Waals surface area contributed by atoms with E-state index in [2.05, 4.69) is 15.6 Å². The van der Waals surface area contributed by atoms with Crippen molar-refractivity contribution in [2.45, 2.75) is 20.3 Å². The molecule has 0 unspecified atom stereocenters. The lowest BCUT2D eigenvalue weighted by Crippen LogP contribution is -2.25. The number of benzene rings is 2. The molecule has 2 N–H and O–H groups in total. The molecule has 0 saturated heterocycles. The number of para-hydroxylation sites is 1.